The molecular formula is C19H14N2OS2. The van der Waals surface area contributed by atoms with Gasteiger partial charge in [-0.05, 0) is 17.7 Å². The predicted octanol–water partition coefficient (Wildman–Crippen LogP) is 5.40. The van der Waals surface area contributed by atoms with Gasteiger partial charge in [0.2, 0.25) is 0 Å². The van der Waals surface area contributed by atoms with Crippen molar-refractivity contribution in [1.29, 1.82) is 0 Å². The number of aromatic hydroxyl groups is 1. The summed E-state index contributed by atoms with van der Waals surface area (Å²) in [4.78, 5) is 8.94. The van der Waals surface area contributed by atoms with Gasteiger partial charge >= 0.3 is 0 Å². The van der Waals surface area contributed by atoms with E-state index in [4.69, 9.17) is 0 Å². The molecule has 0 saturated carbocycles. The Labute approximate surface area is 148 Å². The number of aromatic nitrogens is 1. The van der Waals surface area contributed by atoms with Crippen LogP contribution in [0.3, 0.4) is 0 Å². The van der Waals surface area contributed by atoms with Crippen LogP contribution >= 0.6 is 23.1 Å². The fraction of sp³-hybridized carbons (Fsp3) is 0.0526. The second-order valence-electron chi connectivity index (χ2n) is 5.32. The maximum absolute atomic E-state index is 10.2. The molecule has 0 atom stereocenters. The van der Waals surface area contributed by atoms with Crippen molar-refractivity contribution in [2.75, 3.05) is 0 Å². The number of rotatable bonds is 4. The maximum Gasteiger partial charge on any atom is 0.200 e. The van der Waals surface area contributed by atoms with Crippen molar-refractivity contribution >= 4 is 46.6 Å². The highest BCUT2D eigenvalue weighted by Crippen LogP contribution is 2.38. The summed E-state index contributed by atoms with van der Waals surface area (Å²) in [6, 6.07) is 18.2. The second kappa shape index (κ2) is 6.63. The van der Waals surface area contributed by atoms with Crippen molar-refractivity contribution in [3.05, 3.63) is 71.4 Å². The van der Waals surface area contributed by atoms with E-state index < -0.39 is 0 Å². The molecule has 2 heterocycles. The van der Waals surface area contributed by atoms with Crippen molar-refractivity contribution in [2.45, 2.75) is 10.1 Å². The van der Waals surface area contributed by atoms with Gasteiger partial charge in [-0.25, -0.2) is 4.98 Å². The van der Waals surface area contributed by atoms with Crippen LogP contribution in [0.4, 0.5) is 5.69 Å². The van der Waals surface area contributed by atoms with E-state index in [1.807, 2.05) is 54.8 Å². The normalized spacial score (nSPS) is 14.2. The first-order valence-corrected chi connectivity index (χ1v) is 9.31. The van der Waals surface area contributed by atoms with Crippen LogP contribution in [0.2, 0.25) is 0 Å². The van der Waals surface area contributed by atoms with Gasteiger partial charge < -0.3 is 5.11 Å². The zero-order valence-corrected chi connectivity index (χ0v) is 14.3. The summed E-state index contributed by atoms with van der Waals surface area (Å²) in [5.74, 6) is 0.841. The number of fused-ring (bicyclic) bond motifs is 1. The molecule has 5 heteroatoms. The van der Waals surface area contributed by atoms with Crippen molar-refractivity contribution in [2.24, 2.45) is 4.99 Å². The lowest BCUT2D eigenvalue weighted by Crippen LogP contribution is -1.82. The van der Waals surface area contributed by atoms with E-state index in [9.17, 15) is 5.11 Å². The largest absolute Gasteiger partial charge is 0.498 e. The molecule has 118 valence electrons. The fourth-order valence-corrected chi connectivity index (χ4v) is 4.29. The number of hydrogen-bond donors (Lipinski definition) is 1. The summed E-state index contributed by atoms with van der Waals surface area (Å²) in [6.45, 7) is 0. The molecule has 1 aliphatic rings. The standard InChI is InChI=1S/C19H14N2OS2/c22-18-17(10-14-11-20-16-9-5-4-8-15(14)16)21-19(24-18)23-12-13-6-2-1-3-7-13/h1-11,22H,12H2/b14-10+. The van der Waals surface area contributed by atoms with E-state index in [1.54, 1.807) is 11.8 Å². The van der Waals surface area contributed by atoms with Crippen LogP contribution in [0.25, 0.3) is 11.6 Å². The van der Waals surface area contributed by atoms with Crippen molar-refractivity contribution < 1.29 is 5.11 Å². The second-order valence-corrected chi connectivity index (χ2v) is 7.52. The molecule has 0 amide bonds. The summed E-state index contributed by atoms with van der Waals surface area (Å²) >= 11 is 2.95. The van der Waals surface area contributed by atoms with Crippen molar-refractivity contribution in [3.8, 4) is 5.06 Å². The van der Waals surface area contributed by atoms with Gasteiger partial charge in [0.1, 0.15) is 5.69 Å². The number of thioether (sulfide) groups is 1. The number of benzene rings is 2. The molecule has 1 aromatic heterocycles. The third-order valence-electron chi connectivity index (χ3n) is 3.67. The molecule has 0 aliphatic carbocycles. The van der Waals surface area contributed by atoms with Gasteiger partial charge in [0.25, 0.3) is 0 Å². The van der Waals surface area contributed by atoms with Crippen LogP contribution in [0.15, 0.2) is 63.9 Å². The average molecular weight is 350 g/mol. The molecule has 0 fully saturated rings. The van der Waals surface area contributed by atoms with Crippen LogP contribution in [0.5, 0.6) is 5.06 Å². The molecule has 3 nitrogen and oxygen atoms in total. The zero-order valence-electron chi connectivity index (χ0n) is 12.7. The molecule has 0 spiro atoms. The van der Waals surface area contributed by atoms with Crippen LogP contribution in [0, 0.1) is 0 Å². The highest BCUT2D eigenvalue weighted by Gasteiger charge is 2.14. The number of aliphatic imine (C=N–C) groups is 1. The molecule has 4 rings (SSSR count). The Morgan fingerprint density at radius 3 is 2.71 bits per heavy atom. The molecule has 24 heavy (non-hydrogen) atoms. The Balaban J connectivity index is 1.54. The zero-order chi connectivity index (χ0) is 16.4. The fourth-order valence-electron chi connectivity index (χ4n) is 2.48. The molecule has 2 aromatic carbocycles. The predicted molar refractivity (Wildman–Crippen MR) is 102 cm³/mol. The van der Waals surface area contributed by atoms with Gasteiger partial charge in [-0.1, -0.05) is 71.6 Å². The van der Waals surface area contributed by atoms with E-state index in [1.165, 1.54) is 16.9 Å². The first-order valence-electron chi connectivity index (χ1n) is 7.51. The summed E-state index contributed by atoms with van der Waals surface area (Å²) in [5, 5.41) is 10.4. The van der Waals surface area contributed by atoms with Gasteiger partial charge in [-0.15, -0.1) is 0 Å². The summed E-state index contributed by atoms with van der Waals surface area (Å²) in [7, 11) is 0. The van der Waals surface area contributed by atoms with Crippen LogP contribution < -0.4 is 0 Å². The Morgan fingerprint density at radius 2 is 1.83 bits per heavy atom. The maximum atomic E-state index is 10.2. The van der Waals surface area contributed by atoms with Gasteiger partial charge in [0.15, 0.2) is 9.40 Å². The summed E-state index contributed by atoms with van der Waals surface area (Å²) in [5.41, 5.74) is 4.86. The van der Waals surface area contributed by atoms with E-state index in [2.05, 4.69) is 22.1 Å². The Kier molecular flexibility index (Phi) is 4.19. The van der Waals surface area contributed by atoms with Crippen LogP contribution in [-0.2, 0) is 5.75 Å². The molecule has 1 N–H and O–H groups in total. The van der Waals surface area contributed by atoms with E-state index in [-0.39, 0.29) is 5.06 Å². The average Bonchev–Trinajstić information content (AvgIpc) is 3.18. The van der Waals surface area contributed by atoms with Gasteiger partial charge in [-0.3, -0.25) is 4.99 Å². The molecule has 0 unspecified atom stereocenters. The Hall–Kier alpha value is -2.37. The minimum atomic E-state index is 0.246. The monoisotopic (exact) mass is 350 g/mol. The minimum absolute atomic E-state index is 0.246. The van der Waals surface area contributed by atoms with Crippen molar-refractivity contribution in [3.63, 3.8) is 0 Å². The lowest BCUT2D eigenvalue weighted by molar-refractivity contribution is 0.488. The number of nitrogens with zero attached hydrogens (tertiary/aromatic N) is 2. The molecule has 0 radical (unpaired) electrons. The molecule has 0 saturated heterocycles. The number of para-hydroxylation sites is 1. The van der Waals surface area contributed by atoms with Crippen molar-refractivity contribution in [1.82, 2.24) is 4.98 Å². The number of allylic oxidation sites excluding steroid dienone is 1. The third kappa shape index (κ3) is 3.13. The highest BCUT2D eigenvalue weighted by molar-refractivity contribution is 8.00. The SMILES string of the molecule is Oc1sc(SCc2ccccc2)nc1/C=C1\C=Nc2ccccc21. The first-order chi connectivity index (χ1) is 11.8. The van der Waals surface area contributed by atoms with E-state index >= 15 is 0 Å². The smallest absolute Gasteiger partial charge is 0.200 e. The topological polar surface area (TPSA) is 45.5 Å². The molecular weight excluding hydrogens is 336 g/mol. The first kappa shape index (κ1) is 15.2. The summed E-state index contributed by atoms with van der Waals surface area (Å²) < 4.78 is 0.867. The number of hydrogen-bond acceptors (Lipinski definition) is 5. The van der Waals surface area contributed by atoms with Crippen LogP contribution in [0.1, 0.15) is 16.8 Å². The molecule has 1 aliphatic heterocycles. The minimum Gasteiger partial charge on any atom is -0.498 e. The number of thiazole rings is 1. The Bertz CT molecular complexity index is 930. The van der Waals surface area contributed by atoms with Crippen LogP contribution in [-0.4, -0.2) is 16.3 Å². The Morgan fingerprint density at radius 1 is 1.04 bits per heavy atom. The van der Waals surface area contributed by atoms with Gasteiger partial charge in [0.05, 0.1) is 5.69 Å². The third-order valence-corrected chi connectivity index (χ3v) is 5.76. The molecule has 0 bridgehead atoms. The highest BCUT2D eigenvalue weighted by atomic mass is 32.2. The van der Waals surface area contributed by atoms with Gasteiger partial charge in [-0.2, -0.15) is 0 Å². The molecule has 3 aromatic rings. The van der Waals surface area contributed by atoms with E-state index in [0.29, 0.717) is 5.69 Å². The van der Waals surface area contributed by atoms with E-state index in [0.717, 1.165) is 26.9 Å². The quantitative estimate of drug-likeness (QED) is 0.641. The lowest BCUT2D eigenvalue weighted by atomic mass is 10.1. The van der Waals surface area contributed by atoms with Gasteiger partial charge in [0, 0.05) is 23.1 Å². The summed E-state index contributed by atoms with van der Waals surface area (Å²) in [6.07, 6.45) is 3.72. The lowest BCUT2D eigenvalue weighted by Gasteiger charge is -1.98.